The molecule has 12 nitrogen and oxygen atoms in total. The average molecular weight is 611 g/mol. The number of aliphatic hydroxyl groups excluding tert-OH is 1. The van der Waals surface area contributed by atoms with Crippen molar-refractivity contribution in [1.82, 2.24) is 14.6 Å². The van der Waals surface area contributed by atoms with Gasteiger partial charge in [0, 0.05) is 43.3 Å². The van der Waals surface area contributed by atoms with E-state index in [1.54, 1.807) is 6.07 Å². The van der Waals surface area contributed by atoms with Crippen molar-refractivity contribution in [2.24, 2.45) is 5.14 Å². The number of aromatic nitrogens is 1. The third-order valence-electron chi connectivity index (χ3n) is 7.49. The van der Waals surface area contributed by atoms with Gasteiger partial charge in [-0.25, -0.2) is 26.4 Å². The van der Waals surface area contributed by atoms with Gasteiger partial charge < -0.3 is 24.9 Å². The number of pyridine rings is 1. The normalized spacial score (nSPS) is 20.4. The molecule has 5 N–H and O–H groups in total. The Morgan fingerprint density at radius 1 is 1.20 bits per heavy atom. The monoisotopic (exact) mass is 610 g/mol. The Hall–Kier alpha value is -2.92. The van der Waals surface area contributed by atoms with Crippen molar-refractivity contribution >= 4 is 30.9 Å². The summed E-state index contributed by atoms with van der Waals surface area (Å²) in [5, 5.41) is 18.8. The number of hydrogen-bond acceptors (Lipinski definition) is 9. The van der Waals surface area contributed by atoms with Crippen LogP contribution in [0.3, 0.4) is 0 Å². The van der Waals surface area contributed by atoms with Gasteiger partial charge in [-0.3, -0.25) is 4.79 Å². The highest BCUT2D eigenvalue weighted by atomic mass is 32.2. The number of benzene rings is 2. The molecule has 0 radical (unpaired) electrons. The second kappa shape index (κ2) is 11.4. The Bertz CT molecular complexity index is 1710. The predicted molar refractivity (Wildman–Crippen MR) is 147 cm³/mol. The molecule has 41 heavy (non-hydrogen) atoms. The van der Waals surface area contributed by atoms with E-state index >= 15 is 0 Å². The maximum Gasteiger partial charge on any atom is 0.248 e. The molecular weight excluding hydrogens is 579 g/mol. The fraction of sp³-hybridized carbons (Fsp3) is 0.423. The summed E-state index contributed by atoms with van der Waals surface area (Å²) in [7, 11) is -7.95. The molecule has 1 spiro atoms. The SMILES string of the molecule is NS(=O)(=O)c1cccc(OCC(O)CN[C@H]2COC3(CCN(S(=O)(=O)c4c[nH]c5cc(F)ccc5c4=O)CC3)C2)c1. The van der Waals surface area contributed by atoms with Gasteiger partial charge >= 0.3 is 0 Å². The molecule has 0 saturated carbocycles. The zero-order chi connectivity index (χ0) is 29.4. The maximum absolute atomic E-state index is 13.5. The number of primary sulfonamides is 1. The zero-order valence-corrected chi connectivity index (χ0v) is 23.6. The van der Waals surface area contributed by atoms with E-state index < -0.39 is 43.0 Å². The second-order valence-corrected chi connectivity index (χ2v) is 13.8. The van der Waals surface area contributed by atoms with Gasteiger partial charge in [-0.1, -0.05) is 6.07 Å². The predicted octanol–water partition coefficient (Wildman–Crippen LogP) is 0.656. The van der Waals surface area contributed by atoms with Crippen molar-refractivity contribution in [3.05, 3.63) is 64.7 Å². The van der Waals surface area contributed by atoms with Crippen molar-refractivity contribution < 1.29 is 35.8 Å². The summed E-state index contributed by atoms with van der Waals surface area (Å²) in [5.74, 6) is -0.273. The van der Waals surface area contributed by atoms with E-state index in [2.05, 4.69) is 10.3 Å². The van der Waals surface area contributed by atoms with Crippen LogP contribution in [0.15, 0.2) is 63.2 Å². The number of aromatic amines is 1. The van der Waals surface area contributed by atoms with Crippen LogP contribution < -0.4 is 20.6 Å². The van der Waals surface area contributed by atoms with E-state index in [9.17, 15) is 31.1 Å². The van der Waals surface area contributed by atoms with Crippen molar-refractivity contribution in [2.75, 3.05) is 32.8 Å². The lowest BCUT2D eigenvalue weighted by Crippen LogP contribution is -2.47. The van der Waals surface area contributed by atoms with E-state index in [0.717, 1.165) is 18.3 Å². The number of piperidine rings is 1. The highest BCUT2D eigenvalue weighted by molar-refractivity contribution is 7.89. The number of fused-ring (bicyclic) bond motifs is 1. The highest BCUT2D eigenvalue weighted by Gasteiger charge is 2.45. The maximum atomic E-state index is 13.5. The van der Waals surface area contributed by atoms with Crippen LogP contribution in [0.2, 0.25) is 0 Å². The molecule has 2 atom stereocenters. The van der Waals surface area contributed by atoms with E-state index in [1.165, 1.54) is 28.6 Å². The summed E-state index contributed by atoms with van der Waals surface area (Å²) < 4.78 is 75.9. The lowest BCUT2D eigenvalue weighted by Gasteiger charge is -2.37. The van der Waals surface area contributed by atoms with Crippen molar-refractivity contribution in [2.45, 2.75) is 46.8 Å². The zero-order valence-electron chi connectivity index (χ0n) is 22.0. The molecule has 0 amide bonds. The minimum absolute atomic E-state index is 0.0674. The molecule has 2 fully saturated rings. The molecule has 2 aliphatic rings. The number of H-pyrrole nitrogens is 1. The molecular formula is C26H31FN4O8S2. The van der Waals surface area contributed by atoms with Crippen LogP contribution in [-0.2, 0) is 24.8 Å². The first-order valence-electron chi connectivity index (χ1n) is 13.0. The molecule has 5 rings (SSSR count). The number of halogens is 1. The first-order chi connectivity index (χ1) is 19.4. The molecule has 3 aromatic rings. The van der Waals surface area contributed by atoms with Gasteiger partial charge in [0.05, 0.1) is 22.6 Å². The summed E-state index contributed by atoms with van der Waals surface area (Å²) in [5.41, 5.74) is -0.982. The van der Waals surface area contributed by atoms with Gasteiger partial charge in [0.15, 0.2) is 0 Å². The summed E-state index contributed by atoms with van der Waals surface area (Å²) in [6.45, 7) is 0.856. The van der Waals surface area contributed by atoms with E-state index in [1.807, 2.05) is 0 Å². The Kier molecular flexibility index (Phi) is 8.22. The second-order valence-electron chi connectivity index (χ2n) is 10.4. The molecule has 2 aromatic carbocycles. The Labute approximate surface area is 236 Å². The van der Waals surface area contributed by atoms with E-state index in [4.69, 9.17) is 14.6 Å². The first-order valence-corrected chi connectivity index (χ1v) is 16.0. The summed E-state index contributed by atoms with van der Waals surface area (Å²) in [4.78, 5) is 15.1. The Morgan fingerprint density at radius 2 is 1.95 bits per heavy atom. The fourth-order valence-corrected chi connectivity index (χ4v) is 7.30. The summed E-state index contributed by atoms with van der Waals surface area (Å²) in [6.07, 6.45) is 1.72. The van der Waals surface area contributed by atoms with Gasteiger partial charge in [0.25, 0.3) is 0 Å². The van der Waals surface area contributed by atoms with Crippen LogP contribution in [0, 0.1) is 5.82 Å². The number of nitrogens with two attached hydrogens (primary N) is 1. The standard InChI is InChI=1S/C26H31FN4O8S2/c27-17-4-5-22-23(10-17)30-14-24(25(22)33)41(36,37)31-8-6-26(7-9-31)12-18(15-39-26)29-13-19(32)16-38-20-2-1-3-21(11-20)40(28,34)35/h1-5,10-11,14,18-19,29,32H,6-9,12-13,15-16H2,(H,30,33)(H2,28,34,35)/t18-,19?/m1/s1. The van der Waals surface area contributed by atoms with Crippen molar-refractivity contribution in [3.8, 4) is 5.75 Å². The van der Waals surface area contributed by atoms with Crippen LogP contribution in [0.25, 0.3) is 10.9 Å². The lowest BCUT2D eigenvalue weighted by atomic mass is 9.88. The molecule has 0 bridgehead atoms. The minimum atomic E-state index is -4.08. The summed E-state index contributed by atoms with van der Waals surface area (Å²) >= 11 is 0. The van der Waals surface area contributed by atoms with Crippen LogP contribution in [0.5, 0.6) is 5.75 Å². The van der Waals surface area contributed by atoms with Gasteiger partial charge in [0.1, 0.15) is 29.2 Å². The Morgan fingerprint density at radius 3 is 2.68 bits per heavy atom. The smallest absolute Gasteiger partial charge is 0.248 e. The number of ether oxygens (including phenoxy) is 2. The quantitative estimate of drug-likeness (QED) is 0.271. The molecule has 2 aliphatic heterocycles. The van der Waals surface area contributed by atoms with E-state index in [0.29, 0.717) is 25.9 Å². The third-order valence-corrected chi connectivity index (χ3v) is 10.3. The largest absolute Gasteiger partial charge is 0.491 e. The number of rotatable bonds is 9. The number of hydrogen-bond donors (Lipinski definition) is 4. The van der Waals surface area contributed by atoms with E-state index in [-0.39, 0.29) is 58.7 Å². The first kappa shape index (κ1) is 29.6. The number of aliphatic hydroxyl groups is 1. The van der Waals surface area contributed by atoms with Crippen LogP contribution in [0.1, 0.15) is 19.3 Å². The van der Waals surface area contributed by atoms with Crippen LogP contribution >= 0.6 is 0 Å². The van der Waals surface area contributed by atoms with Crippen LogP contribution in [0.4, 0.5) is 4.39 Å². The van der Waals surface area contributed by atoms with Gasteiger partial charge in [-0.15, -0.1) is 0 Å². The number of nitrogens with zero attached hydrogens (tertiary/aromatic N) is 1. The molecule has 15 heteroatoms. The molecule has 1 unspecified atom stereocenters. The lowest BCUT2D eigenvalue weighted by molar-refractivity contribution is -0.0312. The van der Waals surface area contributed by atoms with Gasteiger partial charge in [-0.2, -0.15) is 4.31 Å². The number of nitrogens with one attached hydrogen (secondary N) is 2. The molecule has 222 valence electrons. The minimum Gasteiger partial charge on any atom is -0.491 e. The fourth-order valence-electron chi connectivity index (χ4n) is 5.26. The average Bonchev–Trinajstić information content (AvgIpc) is 3.32. The third kappa shape index (κ3) is 6.45. The molecule has 1 aromatic heterocycles. The highest BCUT2D eigenvalue weighted by Crippen LogP contribution is 2.37. The molecule has 0 aliphatic carbocycles. The molecule has 3 heterocycles. The van der Waals surface area contributed by atoms with Crippen molar-refractivity contribution in [3.63, 3.8) is 0 Å². The molecule has 2 saturated heterocycles. The Balaban J connectivity index is 1.12. The van der Waals surface area contributed by atoms with Crippen LogP contribution in [-0.4, -0.2) is 81.8 Å². The summed E-state index contributed by atoms with van der Waals surface area (Å²) in [6, 6.07) is 9.14. The topological polar surface area (TPSA) is 181 Å². The van der Waals surface area contributed by atoms with Crippen molar-refractivity contribution in [1.29, 1.82) is 0 Å². The number of sulfonamides is 2. The van der Waals surface area contributed by atoms with Gasteiger partial charge in [0.2, 0.25) is 25.5 Å². The van der Waals surface area contributed by atoms with Gasteiger partial charge in [-0.05, 0) is 49.6 Å².